The number of aromatic nitrogens is 2. The van der Waals surface area contributed by atoms with Crippen LogP contribution < -0.4 is 4.90 Å². The van der Waals surface area contributed by atoms with Gasteiger partial charge in [-0.15, -0.1) is 10.2 Å². The van der Waals surface area contributed by atoms with E-state index in [1.165, 1.54) is 11.3 Å². The first-order chi connectivity index (χ1) is 10.1. The van der Waals surface area contributed by atoms with Gasteiger partial charge in [0, 0.05) is 18.7 Å². The van der Waals surface area contributed by atoms with Crippen LogP contribution in [0.4, 0.5) is 5.13 Å². The number of carboxylic acid groups (broad SMARTS) is 1. The number of hydrogen-bond acceptors (Lipinski definition) is 5. The second-order valence-electron chi connectivity index (χ2n) is 5.54. The van der Waals surface area contributed by atoms with Crippen molar-refractivity contribution in [3.63, 3.8) is 0 Å². The van der Waals surface area contributed by atoms with Gasteiger partial charge < -0.3 is 10.0 Å². The molecule has 0 amide bonds. The number of anilines is 1. The fourth-order valence-corrected chi connectivity index (χ4v) is 3.60. The van der Waals surface area contributed by atoms with Crippen LogP contribution in [0.5, 0.6) is 0 Å². The normalized spacial score (nSPS) is 22.2. The number of rotatable bonds is 3. The van der Waals surface area contributed by atoms with Gasteiger partial charge in [-0.3, -0.25) is 4.79 Å². The highest BCUT2D eigenvalue weighted by atomic mass is 32.1. The minimum Gasteiger partial charge on any atom is -0.481 e. The molecule has 5 nitrogen and oxygen atoms in total. The first-order valence-electron chi connectivity index (χ1n) is 7.00. The predicted molar refractivity (Wildman–Crippen MR) is 82.5 cm³/mol. The second kappa shape index (κ2) is 5.81. The zero-order valence-electron chi connectivity index (χ0n) is 11.8. The number of hydrogen-bond donors (Lipinski definition) is 1. The molecule has 0 spiro atoms. The number of piperidine rings is 1. The molecule has 1 aliphatic rings. The van der Waals surface area contributed by atoms with E-state index in [9.17, 15) is 9.90 Å². The van der Waals surface area contributed by atoms with E-state index in [0.29, 0.717) is 12.5 Å². The van der Waals surface area contributed by atoms with Gasteiger partial charge in [0.25, 0.3) is 0 Å². The molecule has 1 fully saturated rings. The van der Waals surface area contributed by atoms with Crippen LogP contribution in [0.25, 0.3) is 10.6 Å². The van der Waals surface area contributed by atoms with Crippen LogP contribution in [0.1, 0.15) is 13.3 Å². The first-order valence-corrected chi connectivity index (χ1v) is 7.82. The summed E-state index contributed by atoms with van der Waals surface area (Å²) in [7, 11) is 0. The number of carbonyl (C=O) groups is 1. The van der Waals surface area contributed by atoms with E-state index in [2.05, 4.69) is 22.0 Å². The zero-order valence-corrected chi connectivity index (χ0v) is 12.6. The molecule has 0 saturated carbocycles. The standard InChI is InChI=1S/C15H17N3O2S/c1-10-7-12(14(19)20)9-18(8-10)15-17-16-13(21-15)11-5-3-2-4-6-11/h2-6,10,12H,7-9H2,1H3,(H,19,20). The molecular weight excluding hydrogens is 286 g/mol. The van der Waals surface area contributed by atoms with Crippen molar-refractivity contribution in [3.8, 4) is 10.6 Å². The molecule has 21 heavy (non-hydrogen) atoms. The molecule has 1 aromatic carbocycles. The lowest BCUT2D eigenvalue weighted by Gasteiger charge is -2.34. The lowest BCUT2D eigenvalue weighted by atomic mass is 9.91. The van der Waals surface area contributed by atoms with Crippen molar-refractivity contribution in [1.82, 2.24) is 10.2 Å². The molecule has 2 atom stereocenters. The molecule has 1 aromatic heterocycles. The quantitative estimate of drug-likeness (QED) is 0.944. The molecule has 1 N–H and O–H groups in total. The van der Waals surface area contributed by atoms with Gasteiger partial charge in [0.05, 0.1) is 5.92 Å². The fourth-order valence-electron chi connectivity index (χ4n) is 2.73. The summed E-state index contributed by atoms with van der Waals surface area (Å²) >= 11 is 1.52. The Morgan fingerprint density at radius 2 is 2.05 bits per heavy atom. The maximum absolute atomic E-state index is 11.2. The van der Waals surface area contributed by atoms with Gasteiger partial charge in [0.2, 0.25) is 5.13 Å². The van der Waals surface area contributed by atoms with Crippen molar-refractivity contribution in [2.75, 3.05) is 18.0 Å². The van der Waals surface area contributed by atoms with Crippen molar-refractivity contribution >= 4 is 22.4 Å². The number of benzene rings is 1. The van der Waals surface area contributed by atoms with E-state index in [1.807, 2.05) is 30.3 Å². The summed E-state index contributed by atoms with van der Waals surface area (Å²) in [6, 6.07) is 9.92. The lowest BCUT2D eigenvalue weighted by molar-refractivity contribution is -0.142. The van der Waals surface area contributed by atoms with Gasteiger partial charge >= 0.3 is 5.97 Å². The molecule has 1 saturated heterocycles. The molecule has 0 radical (unpaired) electrons. The predicted octanol–water partition coefficient (Wildman–Crippen LogP) is 2.75. The van der Waals surface area contributed by atoms with Crippen LogP contribution in [0, 0.1) is 11.8 Å². The topological polar surface area (TPSA) is 66.3 Å². The van der Waals surface area contributed by atoms with Crippen LogP contribution in [-0.2, 0) is 4.79 Å². The summed E-state index contributed by atoms with van der Waals surface area (Å²) in [4.78, 5) is 13.3. The maximum Gasteiger partial charge on any atom is 0.308 e. The van der Waals surface area contributed by atoms with E-state index in [0.717, 1.165) is 28.7 Å². The summed E-state index contributed by atoms with van der Waals surface area (Å²) in [6.07, 6.45) is 0.732. The molecule has 0 aliphatic carbocycles. The highest BCUT2D eigenvalue weighted by Crippen LogP contribution is 2.32. The van der Waals surface area contributed by atoms with Crippen molar-refractivity contribution in [2.45, 2.75) is 13.3 Å². The van der Waals surface area contributed by atoms with Gasteiger partial charge in [0.15, 0.2) is 0 Å². The highest BCUT2D eigenvalue weighted by molar-refractivity contribution is 7.18. The Kier molecular flexibility index (Phi) is 3.88. The Morgan fingerprint density at radius 1 is 1.29 bits per heavy atom. The summed E-state index contributed by atoms with van der Waals surface area (Å²) in [6.45, 7) is 3.44. The summed E-state index contributed by atoms with van der Waals surface area (Å²) in [5.74, 6) is -0.693. The zero-order chi connectivity index (χ0) is 14.8. The highest BCUT2D eigenvalue weighted by Gasteiger charge is 2.31. The smallest absolute Gasteiger partial charge is 0.308 e. The summed E-state index contributed by atoms with van der Waals surface area (Å²) in [5.41, 5.74) is 1.04. The van der Waals surface area contributed by atoms with Crippen molar-refractivity contribution < 1.29 is 9.90 Å². The number of nitrogens with zero attached hydrogens (tertiary/aromatic N) is 3. The van der Waals surface area contributed by atoms with Gasteiger partial charge in [-0.25, -0.2) is 0 Å². The average Bonchev–Trinajstić information content (AvgIpc) is 2.97. The van der Waals surface area contributed by atoms with E-state index < -0.39 is 5.97 Å². The summed E-state index contributed by atoms with van der Waals surface area (Å²) in [5, 5.41) is 19.4. The minimum atomic E-state index is -0.723. The SMILES string of the molecule is CC1CC(C(=O)O)CN(c2nnc(-c3ccccc3)s2)C1. The Morgan fingerprint density at radius 3 is 2.76 bits per heavy atom. The fraction of sp³-hybridized carbons (Fsp3) is 0.400. The third-order valence-electron chi connectivity index (χ3n) is 3.71. The van der Waals surface area contributed by atoms with Crippen LogP contribution in [-0.4, -0.2) is 34.4 Å². The Hall–Kier alpha value is -1.95. The summed E-state index contributed by atoms with van der Waals surface area (Å²) < 4.78 is 0. The average molecular weight is 303 g/mol. The third kappa shape index (κ3) is 3.05. The molecule has 1 aliphatic heterocycles. The Bertz CT molecular complexity index is 629. The van der Waals surface area contributed by atoms with Crippen molar-refractivity contribution in [1.29, 1.82) is 0 Å². The van der Waals surface area contributed by atoms with Gasteiger partial charge in [-0.2, -0.15) is 0 Å². The van der Waals surface area contributed by atoms with Crippen LogP contribution in [0.3, 0.4) is 0 Å². The first kappa shape index (κ1) is 14.0. The van der Waals surface area contributed by atoms with Crippen LogP contribution in [0.15, 0.2) is 30.3 Å². The largest absolute Gasteiger partial charge is 0.481 e. The molecule has 2 heterocycles. The van der Waals surface area contributed by atoms with E-state index in [1.54, 1.807) is 0 Å². The minimum absolute atomic E-state index is 0.321. The second-order valence-corrected chi connectivity index (χ2v) is 6.49. The molecule has 2 unspecified atom stereocenters. The third-order valence-corrected chi connectivity index (χ3v) is 4.75. The van der Waals surface area contributed by atoms with Crippen molar-refractivity contribution in [2.24, 2.45) is 11.8 Å². The Balaban J connectivity index is 1.81. The molecule has 6 heteroatoms. The number of aliphatic carboxylic acids is 1. The molecule has 2 aromatic rings. The van der Waals surface area contributed by atoms with Crippen molar-refractivity contribution in [3.05, 3.63) is 30.3 Å². The van der Waals surface area contributed by atoms with E-state index in [4.69, 9.17) is 0 Å². The lowest BCUT2D eigenvalue weighted by Crippen LogP contribution is -2.42. The number of carboxylic acids is 1. The van der Waals surface area contributed by atoms with Gasteiger partial charge in [-0.05, 0) is 12.3 Å². The molecular formula is C15H17N3O2S. The van der Waals surface area contributed by atoms with Gasteiger partial charge in [-0.1, -0.05) is 48.6 Å². The molecule has 3 rings (SSSR count). The Labute approximate surface area is 127 Å². The van der Waals surface area contributed by atoms with Crippen LogP contribution >= 0.6 is 11.3 Å². The molecule has 110 valence electrons. The van der Waals surface area contributed by atoms with E-state index in [-0.39, 0.29) is 5.92 Å². The van der Waals surface area contributed by atoms with Gasteiger partial charge in [0.1, 0.15) is 5.01 Å². The maximum atomic E-state index is 11.2. The monoisotopic (exact) mass is 303 g/mol. The van der Waals surface area contributed by atoms with Crippen LogP contribution in [0.2, 0.25) is 0 Å². The molecule has 0 bridgehead atoms. The van der Waals surface area contributed by atoms with E-state index >= 15 is 0 Å².